The molecule has 128 valence electrons. The van der Waals surface area contributed by atoms with E-state index < -0.39 is 0 Å². The van der Waals surface area contributed by atoms with Gasteiger partial charge < -0.3 is 15.0 Å². The molecule has 3 rings (SSSR count). The summed E-state index contributed by atoms with van der Waals surface area (Å²) in [5.41, 5.74) is 0.154. The van der Waals surface area contributed by atoms with E-state index in [1.54, 1.807) is 0 Å². The second-order valence-electron chi connectivity index (χ2n) is 7.67. The van der Waals surface area contributed by atoms with E-state index in [1.807, 2.05) is 0 Å². The lowest BCUT2D eigenvalue weighted by Crippen LogP contribution is -2.60. The maximum atomic E-state index is 11.6. The second kappa shape index (κ2) is 6.11. The first-order valence-electron chi connectivity index (χ1n) is 8.45. The van der Waals surface area contributed by atoms with Crippen molar-refractivity contribution in [2.45, 2.75) is 59.2 Å². The average Bonchev–Trinajstić information content (AvgIpc) is 2.87. The van der Waals surface area contributed by atoms with Crippen molar-refractivity contribution in [3.8, 4) is 0 Å². The summed E-state index contributed by atoms with van der Waals surface area (Å²) in [7, 11) is 0. The van der Waals surface area contributed by atoms with Crippen LogP contribution < -0.4 is 10.2 Å². The summed E-state index contributed by atoms with van der Waals surface area (Å²) in [6.07, 6.45) is 1.88. The van der Waals surface area contributed by atoms with E-state index in [4.69, 9.17) is 4.74 Å². The molecule has 2 atom stereocenters. The zero-order valence-corrected chi connectivity index (χ0v) is 14.5. The van der Waals surface area contributed by atoms with Crippen LogP contribution in [-0.2, 0) is 22.5 Å². The Morgan fingerprint density at radius 2 is 2.13 bits per heavy atom. The molecule has 23 heavy (non-hydrogen) atoms. The van der Waals surface area contributed by atoms with Crippen LogP contribution in [0.4, 0.5) is 5.95 Å². The first-order valence-corrected chi connectivity index (χ1v) is 8.45. The highest BCUT2D eigenvalue weighted by molar-refractivity contribution is 5.78. The molecule has 1 aromatic heterocycles. The Bertz CT molecular complexity index is 578. The minimum absolute atomic E-state index is 0.0292. The first kappa shape index (κ1) is 16.2. The number of aromatic nitrogens is 3. The number of nitrogens with zero attached hydrogens (tertiary/aromatic N) is 4. The van der Waals surface area contributed by atoms with Crippen molar-refractivity contribution in [3.63, 3.8) is 0 Å². The van der Waals surface area contributed by atoms with Gasteiger partial charge in [-0.2, -0.15) is 0 Å². The Morgan fingerprint density at radius 1 is 1.35 bits per heavy atom. The molecule has 2 aliphatic rings. The number of nitrogens with one attached hydrogen (secondary N) is 1. The summed E-state index contributed by atoms with van der Waals surface area (Å²) in [6.45, 7) is 11.4. The predicted molar refractivity (Wildman–Crippen MR) is 87.4 cm³/mol. The molecular formula is C16H27N5O2. The van der Waals surface area contributed by atoms with Gasteiger partial charge >= 0.3 is 0 Å². The molecule has 0 aromatic carbocycles. The third-order valence-electron chi connectivity index (χ3n) is 4.36. The molecule has 2 aliphatic heterocycles. The molecule has 0 unspecified atom stereocenters. The smallest absolute Gasteiger partial charge is 0.246 e. The fourth-order valence-corrected chi connectivity index (χ4v) is 3.34. The number of hydrogen-bond donors (Lipinski definition) is 1. The Labute approximate surface area is 137 Å². The number of fused-ring (bicyclic) bond motifs is 1. The van der Waals surface area contributed by atoms with Crippen molar-refractivity contribution in [2.24, 2.45) is 5.41 Å². The molecule has 3 heterocycles. The van der Waals surface area contributed by atoms with Crippen molar-refractivity contribution in [1.29, 1.82) is 0 Å². The normalized spacial score (nSPS) is 25.2. The summed E-state index contributed by atoms with van der Waals surface area (Å²) < 4.78 is 7.86. The van der Waals surface area contributed by atoms with Crippen LogP contribution in [0.25, 0.3) is 0 Å². The van der Waals surface area contributed by atoms with Crippen molar-refractivity contribution < 1.29 is 9.53 Å². The number of aryl methyl sites for hydroxylation is 1. The van der Waals surface area contributed by atoms with Crippen LogP contribution in [0.1, 0.15) is 39.9 Å². The summed E-state index contributed by atoms with van der Waals surface area (Å²) in [5, 5.41) is 11.8. The third kappa shape index (κ3) is 3.49. The number of anilines is 1. The number of carbonyl (C=O) groups is 1. The van der Waals surface area contributed by atoms with Gasteiger partial charge in [0.05, 0.1) is 12.1 Å². The number of morpholine rings is 1. The average molecular weight is 321 g/mol. The fourth-order valence-electron chi connectivity index (χ4n) is 3.34. The zero-order chi connectivity index (χ0) is 16.6. The molecule has 1 aromatic rings. The number of hydrogen-bond acceptors (Lipinski definition) is 5. The summed E-state index contributed by atoms with van der Waals surface area (Å²) in [5.74, 6) is 1.90. The maximum absolute atomic E-state index is 11.6. The molecule has 0 aliphatic carbocycles. The number of rotatable bonds is 3. The van der Waals surface area contributed by atoms with E-state index in [9.17, 15) is 4.79 Å². The SMILES string of the molecule is CCc1nnc(N2CC[C@@H]3OCC(=O)N[C@H]3C2)n1CC(C)(C)C. The molecule has 2 fully saturated rings. The Kier molecular flexibility index (Phi) is 4.31. The van der Waals surface area contributed by atoms with E-state index in [1.165, 1.54) is 0 Å². The van der Waals surface area contributed by atoms with Gasteiger partial charge in [0.1, 0.15) is 12.4 Å². The third-order valence-corrected chi connectivity index (χ3v) is 4.36. The number of ether oxygens (including phenoxy) is 1. The molecular weight excluding hydrogens is 294 g/mol. The van der Waals surface area contributed by atoms with Gasteiger partial charge in [-0.25, -0.2) is 0 Å². The zero-order valence-electron chi connectivity index (χ0n) is 14.5. The van der Waals surface area contributed by atoms with E-state index in [-0.39, 0.29) is 30.1 Å². The van der Waals surface area contributed by atoms with Crippen LogP contribution in [0.5, 0.6) is 0 Å². The van der Waals surface area contributed by atoms with Gasteiger partial charge in [-0.3, -0.25) is 9.36 Å². The van der Waals surface area contributed by atoms with Crippen LogP contribution in [0.2, 0.25) is 0 Å². The number of piperidine rings is 1. The van der Waals surface area contributed by atoms with Crippen molar-refractivity contribution >= 4 is 11.9 Å². The van der Waals surface area contributed by atoms with Gasteiger partial charge in [0.15, 0.2) is 0 Å². The van der Waals surface area contributed by atoms with Crippen molar-refractivity contribution in [1.82, 2.24) is 20.1 Å². The summed E-state index contributed by atoms with van der Waals surface area (Å²) >= 11 is 0. The Hall–Kier alpha value is -1.63. The summed E-state index contributed by atoms with van der Waals surface area (Å²) in [4.78, 5) is 13.8. The maximum Gasteiger partial charge on any atom is 0.246 e. The van der Waals surface area contributed by atoms with Crippen LogP contribution in [-0.4, -0.2) is 52.5 Å². The largest absolute Gasteiger partial charge is 0.366 e. The highest BCUT2D eigenvalue weighted by atomic mass is 16.5. The molecule has 7 heteroatoms. The highest BCUT2D eigenvalue weighted by Gasteiger charge is 2.36. The highest BCUT2D eigenvalue weighted by Crippen LogP contribution is 2.26. The van der Waals surface area contributed by atoms with Gasteiger partial charge in [-0.05, 0) is 11.8 Å². The van der Waals surface area contributed by atoms with Gasteiger partial charge in [-0.1, -0.05) is 27.7 Å². The molecule has 0 spiro atoms. The Balaban J connectivity index is 1.81. The first-order chi connectivity index (χ1) is 10.9. The van der Waals surface area contributed by atoms with Gasteiger partial charge in [-0.15, -0.1) is 10.2 Å². The molecule has 0 saturated carbocycles. The minimum atomic E-state index is -0.0292. The topological polar surface area (TPSA) is 72.3 Å². The van der Waals surface area contributed by atoms with Crippen molar-refractivity contribution in [3.05, 3.63) is 5.82 Å². The van der Waals surface area contributed by atoms with Gasteiger partial charge in [0.25, 0.3) is 0 Å². The molecule has 0 bridgehead atoms. The van der Waals surface area contributed by atoms with E-state index in [0.29, 0.717) is 0 Å². The molecule has 1 N–H and O–H groups in total. The van der Waals surface area contributed by atoms with Gasteiger partial charge in [0, 0.05) is 26.1 Å². The predicted octanol–water partition coefficient (Wildman–Crippen LogP) is 0.980. The van der Waals surface area contributed by atoms with Crippen LogP contribution in [0.15, 0.2) is 0 Å². The van der Waals surface area contributed by atoms with Crippen molar-refractivity contribution in [2.75, 3.05) is 24.6 Å². The Morgan fingerprint density at radius 3 is 2.83 bits per heavy atom. The number of amides is 1. The van der Waals surface area contributed by atoms with E-state index in [0.717, 1.165) is 44.2 Å². The molecule has 2 saturated heterocycles. The second-order valence-corrected chi connectivity index (χ2v) is 7.67. The van der Waals surface area contributed by atoms with Crippen LogP contribution in [0.3, 0.4) is 0 Å². The summed E-state index contributed by atoms with van der Waals surface area (Å²) in [6, 6.07) is 0.0369. The quantitative estimate of drug-likeness (QED) is 0.898. The van der Waals surface area contributed by atoms with Crippen LogP contribution >= 0.6 is 0 Å². The van der Waals surface area contributed by atoms with Crippen LogP contribution in [0, 0.1) is 5.41 Å². The lowest BCUT2D eigenvalue weighted by molar-refractivity contribution is -0.137. The minimum Gasteiger partial charge on any atom is -0.366 e. The van der Waals surface area contributed by atoms with E-state index >= 15 is 0 Å². The number of carbonyl (C=O) groups excluding carboxylic acids is 1. The monoisotopic (exact) mass is 321 g/mol. The lowest BCUT2D eigenvalue weighted by atomic mass is 9.96. The fraction of sp³-hybridized carbons (Fsp3) is 0.812. The van der Waals surface area contributed by atoms with Gasteiger partial charge in [0.2, 0.25) is 11.9 Å². The molecule has 1 amide bonds. The molecule has 7 nitrogen and oxygen atoms in total. The lowest BCUT2D eigenvalue weighted by Gasteiger charge is -2.41. The van der Waals surface area contributed by atoms with E-state index in [2.05, 4.69) is 52.7 Å². The molecule has 0 radical (unpaired) electrons. The standard InChI is InChI=1S/C16H27N5O2/c1-5-13-18-19-15(21(13)10-16(2,3)4)20-7-6-12-11(8-20)17-14(22)9-23-12/h11-12H,5-10H2,1-4H3,(H,17,22)/t11-,12-/m0/s1.